The summed E-state index contributed by atoms with van der Waals surface area (Å²) in [5, 5.41) is 5.15. The van der Waals surface area contributed by atoms with Crippen molar-refractivity contribution in [3.63, 3.8) is 0 Å². The normalized spacial score (nSPS) is 18.0. The van der Waals surface area contributed by atoms with Crippen LogP contribution >= 0.6 is 11.3 Å². The van der Waals surface area contributed by atoms with Gasteiger partial charge in [0.1, 0.15) is 5.75 Å². The van der Waals surface area contributed by atoms with Gasteiger partial charge in [0.05, 0.1) is 25.3 Å². The zero-order chi connectivity index (χ0) is 15.5. The summed E-state index contributed by atoms with van der Waals surface area (Å²) in [6, 6.07) is 10.4. The first kappa shape index (κ1) is 14.7. The molecule has 22 heavy (non-hydrogen) atoms. The fraction of sp³-hybridized carbons (Fsp3) is 0.250. The molecule has 114 valence electrons. The zero-order valence-electron chi connectivity index (χ0n) is 12.1. The summed E-state index contributed by atoms with van der Waals surface area (Å²) >= 11 is 1.62. The summed E-state index contributed by atoms with van der Waals surface area (Å²) in [6.07, 6.45) is 0.191. The standard InChI is InChI=1S/C16H16N2O3S/c1-21-12-6-4-11(5-7-12)18-15(19)9-14(16(18)20)17-10-13-3-2-8-22-13/h2-8,14,17H,9-10H2,1H3. The van der Waals surface area contributed by atoms with Crippen LogP contribution in [0.4, 0.5) is 5.69 Å². The Bertz CT molecular complexity index is 667. The average molecular weight is 316 g/mol. The van der Waals surface area contributed by atoms with Gasteiger partial charge in [0.2, 0.25) is 5.91 Å². The number of hydrogen-bond donors (Lipinski definition) is 1. The molecule has 1 aliphatic rings. The molecule has 1 N–H and O–H groups in total. The van der Waals surface area contributed by atoms with Gasteiger partial charge in [0.15, 0.2) is 0 Å². The number of amides is 2. The Morgan fingerprint density at radius 1 is 1.27 bits per heavy atom. The second-order valence-electron chi connectivity index (χ2n) is 4.98. The molecule has 2 amide bonds. The van der Waals surface area contributed by atoms with E-state index in [4.69, 9.17) is 4.74 Å². The van der Waals surface area contributed by atoms with Crippen molar-refractivity contribution in [3.05, 3.63) is 46.7 Å². The molecule has 1 aromatic heterocycles. The van der Waals surface area contributed by atoms with Crippen LogP contribution < -0.4 is 15.0 Å². The number of carbonyl (C=O) groups is 2. The maximum Gasteiger partial charge on any atom is 0.251 e. The molecular weight excluding hydrogens is 300 g/mol. The van der Waals surface area contributed by atoms with Crippen molar-refractivity contribution in [2.75, 3.05) is 12.0 Å². The van der Waals surface area contributed by atoms with Crippen LogP contribution in [0.1, 0.15) is 11.3 Å². The lowest BCUT2D eigenvalue weighted by Gasteiger charge is -2.15. The minimum atomic E-state index is -0.461. The van der Waals surface area contributed by atoms with Crippen LogP contribution in [0.3, 0.4) is 0 Å². The third-order valence-electron chi connectivity index (χ3n) is 3.58. The molecule has 1 atom stereocenters. The molecule has 1 saturated heterocycles. The van der Waals surface area contributed by atoms with Crippen molar-refractivity contribution in [2.45, 2.75) is 19.0 Å². The van der Waals surface area contributed by atoms with E-state index in [1.54, 1.807) is 42.7 Å². The molecule has 0 spiro atoms. The number of anilines is 1. The molecule has 5 nitrogen and oxygen atoms in total. The van der Waals surface area contributed by atoms with Crippen molar-refractivity contribution in [1.82, 2.24) is 5.32 Å². The predicted octanol–water partition coefficient (Wildman–Crippen LogP) is 2.18. The first-order valence-electron chi connectivity index (χ1n) is 6.95. The molecule has 3 rings (SSSR count). The predicted molar refractivity (Wildman–Crippen MR) is 85.1 cm³/mol. The Balaban J connectivity index is 1.70. The number of ether oxygens (including phenoxy) is 1. The quantitative estimate of drug-likeness (QED) is 0.859. The van der Waals surface area contributed by atoms with Gasteiger partial charge in [-0.25, -0.2) is 4.90 Å². The number of nitrogens with one attached hydrogen (secondary N) is 1. The summed E-state index contributed by atoms with van der Waals surface area (Å²) < 4.78 is 5.09. The maximum atomic E-state index is 12.4. The SMILES string of the molecule is COc1ccc(N2C(=O)CC(NCc3cccs3)C2=O)cc1. The van der Waals surface area contributed by atoms with E-state index >= 15 is 0 Å². The molecule has 6 heteroatoms. The highest BCUT2D eigenvalue weighted by atomic mass is 32.1. The first-order chi connectivity index (χ1) is 10.7. The van der Waals surface area contributed by atoms with Crippen molar-refractivity contribution >= 4 is 28.8 Å². The number of hydrogen-bond acceptors (Lipinski definition) is 5. The Morgan fingerprint density at radius 3 is 2.68 bits per heavy atom. The number of nitrogens with zero attached hydrogens (tertiary/aromatic N) is 1. The molecule has 0 radical (unpaired) electrons. The zero-order valence-corrected chi connectivity index (χ0v) is 12.9. The summed E-state index contributed by atoms with van der Waals surface area (Å²) in [5.41, 5.74) is 0.580. The lowest BCUT2D eigenvalue weighted by molar-refractivity contribution is -0.121. The third kappa shape index (κ3) is 2.88. The molecule has 0 saturated carbocycles. The third-order valence-corrected chi connectivity index (χ3v) is 4.46. The van der Waals surface area contributed by atoms with Crippen LogP contribution in [0.15, 0.2) is 41.8 Å². The van der Waals surface area contributed by atoms with Crippen LogP contribution in [-0.2, 0) is 16.1 Å². The van der Waals surface area contributed by atoms with Crippen LogP contribution in [0, 0.1) is 0 Å². The fourth-order valence-electron chi connectivity index (χ4n) is 2.43. The van der Waals surface area contributed by atoms with Crippen molar-refractivity contribution in [2.24, 2.45) is 0 Å². The summed E-state index contributed by atoms with van der Waals surface area (Å²) in [5.74, 6) is 0.306. The van der Waals surface area contributed by atoms with Gasteiger partial charge in [0.25, 0.3) is 5.91 Å². The van der Waals surface area contributed by atoms with Crippen LogP contribution in [0.25, 0.3) is 0 Å². The molecule has 1 aromatic carbocycles. The highest BCUT2D eigenvalue weighted by Crippen LogP contribution is 2.25. The monoisotopic (exact) mass is 316 g/mol. The smallest absolute Gasteiger partial charge is 0.251 e. The van der Waals surface area contributed by atoms with Gasteiger partial charge in [-0.2, -0.15) is 0 Å². The van der Waals surface area contributed by atoms with E-state index in [2.05, 4.69) is 5.32 Å². The molecule has 0 bridgehead atoms. The molecule has 1 aliphatic heterocycles. The van der Waals surface area contributed by atoms with Crippen LogP contribution in [0.5, 0.6) is 5.75 Å². The lowest BCUT2D eigenvalue weighted by Crippen LogP contribution is -2.38. The largest absolute Gasteiger partial charge is 0.497 e. The van der Waals surface area contributed by atoms with Gasteiger partial charge < -0.3 is 10.1 Å². The van der Waals surface area contributed by atoms with E-state index in [9.17, 15) is 9.59 Å². The molecule has 1 fully saturated rings. The van der Waals surface area contributed by atoms with E-state index in [0.29, 0.717) is 18.0 Å². The number of imide groups is 1. The van der Waals surface area contributed by atoms with Gasteiger partial charge in [-0.1, -0.05) is 6.07 Å². The molecule has 0 aliphatic carbocycles. The number of methoxy groups -OCH3 is 1. The van der Waals surface area contributed by atoms with E-state index in [0.717, 1.165) is 4.88 Å². The average Bonchev–Trinajstić information content (AvgIpc) is 3.14. The van der Waals surface area contributed by atoms with Crippen molar-refractivity contribution in [3.8, 4) is 5.75 Å². The van der Waals surface area contributed by atoms with Gasteiger partial charge in [-0.3, -0.25) is 9.59 Å². The van der Waals surface area contributed by atoms with E-state index < -0.39 is 6.04 Å². The summed E-state index contributed by atoms with van der Waals surface area (Å²) in [7, 11) is 1.58. The van der Waals surface area contributed by atoms with Crippen molar-refractivity contribution < 1.29 is 14.3 Å². The second kappa shape index (κ2) is 6.29. The fourth-order valence-corrected chi connectivity index (χ4v) is 3.09. The number of thiophene rings is 1. The topological polar surface area (TPSA) is 58.6 Å². The number of carbonyl (C=O) groups excluding carboxylic acids is 2. The highest BCUT2D eigenvalue weighted by Gasteiger charge is 2.39. The second-order valence-corrected chi connectivity index (χ2v) is 6.01. The minimum Gasteiger partial charge on any atom is -0.497 e. The summed E-state index contributed by atoms with van der Waals surface area (Å²) in [4.78, 5) is 27.0. The van der Waals surface area contributed by atoms with Crippen LogP contribution in [0.2, 0.25) is 0 Å². The Kier molecular flexibility index (Phi) is 4.22. The Labute approximate surface area is 132 Å². The molecule has 1 unspecified atom stereocenters. The van der Waals surface area contributed by atoms with Gasteiger partial charge >= 0.3 is 0 Å². The first-order valence-corrected chi connectivity index (χ1v) is 7.83. The Morgan fingerprint density at radius 2 is 2.05 bits per heavy atom. The molecular formula is C16H16N2O3S. The van der Waals surface area contributed by atoms with E-state index in [1.165, 1.54) is 4.90 Å². The minimum absolute atomic E-state index is 0.182. The van der Waals surface area contributed by atoms with Crippen molar-refractivity contribution in [1.29, 1.82) is 0 Å². The highest BCUT2D eigenvalue weighted by molar-refractivity contribution is 7.09. The van der Waals surface area contributed by atoms with Crippen LogP contribution in [-0.4, -0.2) is 25.0 Å². The van der Waals surface area contributed by atoms with E-state index in [1.807, 2.05) is 17.5 Å². The number of rotatable bonds is 5. The molecule has 2 aromatic rings. The van der Waals surface area contributed by atoms with Gasteiger partial charge in [0, 0.05) is 11.4 Å². The van der Waals surface area contributed by atoms with Gasteiger partial charge in [-0.15, -0.1) is 11.3 Å². The number of benzene rings is 1. The van der Waals surface area contributed by atoms with Gasteiger partial charge in [-0.05, 0) is 35.7 Å². The lowest BCUT2D eigenvalue weighted by atomic mass is 10.2. The maximum absolute atomic E-state index is 12.4. The Hall–Kier alpha value is -2.18. The molecule has 2 heterocycles. The van der Waals surface area contributed by atoms with E-state index in [-0.39, 0.29) is 18.2 Å². The summed E-state index contributed by atoms with van der Waals surface area (Å²) in [6.45, 7) is 0.595.